The van der Waals surface area contributed by atoms with Gasteiger partial charge >= 0.3 is 0 Å². The van der Waals surface area contributed by atoms with E-state index in [0.717, 1.165) is 5.69 Å². The molecule has 1 aromatic rings. The first-order valence-electron chi connectivity index (χ1n) is 2.88. The minimum Gasteiger partial charge on any atom is -0.289 e. The zero-order chi connectivity index (χ0) is 7.56. The van der Waals surface area contributed by atoms with Crippen LogP contribution in [0.4, 0.5) is 0 Å². The molecule has 1 aromatic heterocycles. The highest BCUT2D eigenvalue weighted by Gasteiger charge is 1.99. The number of aromatic nitrogens is 1. The average molecular weight is 155 g/mol. The average Bonchev–Trinajstić information content (AvgIpc) is 1.88. The van der Waals surface area contributed by atoms with Crippen molar-refractivity contribution in [3.8, 4) is 0 Å². The summed E-state index contributed by atoms with van der Waals surface area (Å²) in [5.41, 5.74) is 1.49. The first-order valence-corrected chi connectivity index (χ1v) is 3.25. The maximum Gasteiger partial charge on any atom is 0.129 e. The van der Waals surface area contributed by atoms with E-state index >= 15 is 0 Å². The summed E-state index contributed by atoms with van der Waals surface area (Å²) in [6.07, 6.45) is 1.68. The maximum absolute atomic E-state index is 7.10. The van der Waals surface area contributed by atoms with Crippen molar-refractivity contribution in [1.29, 1.82) is 5.41 Å². The molecule has 0 fully saturated rings. The third-order valence-electron chi connectivity index (χ3n) is 1.24. The van der Waals surface area contributed by atoms with Crippen LogP contribution in [0, 0.1) is 12.3 Å². The minimum absolute atomic E-state index is 0.0469. The number of pyridine rings is 1. The summed E-state index contributed by atoms with van der Waals surface area (Å²) in [4.78, 5) is 3.98. The Morgan fingerprint density at radius 2 is 2.40 bits per heavy atom. The van der Waals surface area contributed by atoms with Crippen molar-refractivity contribution in [1.82, 2.24) is 4.98 Å². The molecule has 0 aliphatic rings. The quantitative estimate of drug-likeness (QED) is 0.617. The topological polar surface area (TPSA) is 36.7 Å². The van der Waals surface area contributed by atoms with Crippen LogP contribution in [-0.2, 0) is 0 Å². The van der Waals surface area contributed by atoms with Crippen molar-refractivity contribution in [2.45, 2.75) is 6.92 Å². The summed E-state index contributed by atoms with van der Waals surface area (Å²) in [7, 11) is 0. The van der Waals surface area contributed by atoms with Gasteiger partial charge < -0.3 is 0 Å². The van der Waals surface area contributed by atoms with Gasteiger partial charge in [0.1, 0.15) is 5.17 Å². The van der Waals surface area contributed by atoms with Crippen molar-refractivity contribution in [2.24, 2.45) is 0 Å². The van der Waals surface area contributed by atoms with Gasteiger partial charge in [-0.3, -0.25) is 10.4 Å². The van der Waals surface area contributed by atoms with Crippen molar-refractivity contribution < 1.29 is 0 Å². The normalized spacial score (nSPS) is 9.40. The molecule has 0 saturated heterocycles. The molecule has 1 heterocycles. The van der Waals surface area contributed by atoms with Crippen LogP contribution in [0.5, 0.6) is 0 Å². The highest BCUT2D eigenvalue weighted by Crippen LogP contribution is 2.05. The van der Waals surface area contributed by atoms with Gasteiger partial charge in [0.2, 0.25) is 0 Å². The molecule has 1 rings (SSSR count). The van der Waals surface area contributed by atoms with E-state index in [9.17, 15) is 0 Å². The van der Waals surface area contributed by atoms with Crippen LogP contribution in [0.3, 0.4) is 0 Å². The second-order valence-corrected chi connectivity index (χ2v) is 2.33. The summed E-state index contributed by atoms with van der Waals surface area (Å²) >= 11 is 5.45. The van der Waals surface area contributed by atoms with Crippen LogP contribution in [0.1, 0.15) is 11.3 Å². The van der Waals surface area contributed by atoms with Crippen LogP contribution in [0.25, 0.3) is 0 Å². The van der Waals surface area contributed by atoms with Crippen LogP contribution in [0.15, 0.2) is 18.3 Å². The first-order chi connectivity index (χ1) is 4.72. The smallest absolute Gasteiger partial charge is 0.129 e. The summed E-state index contributed by atoms with van der Waals surface area (Å²) in [6.45, 7) is 1.83. The van der Waals surface area contributed by atoms with Crippen molar-refractivity contribution in [3.63, 3.8) is 0 Å². The highest BCUT2D eigenvalue weighted by molar-refractivity contribution is 6.68. The highest BCUT2D eigenvalue weighted by atomic mass is 35.5. The van der Waals surface area contributed by atoms with E-state index in [-0.39, 0.29) is 5.17 Å². The summed E-state index contributed by atoms with van der Waals surface area (Å²) in [5.74, 6) is 0. The molecule has 0 atom stereocenters. The molecule has 2 nitrogen and oxygen atoms in total. The third-order valence-corrected chi connectivity index (χ3v) is 1.45. The van der Waals surface area contributed by atoms with Crippen LogP contribution >= 0.6 is 11.6 Å². The van der Waals surface area contributed by atoms with Gasteiger partial charge in [-0.25, -0.2) is 0 Å². The number of nitrogens with zero attached hydrogens (tertiary/aromatic N) is 1. The molecule has 0 bridgehead atoms. The number of hydrogen-bond acceptors (Lipinski definition) is 2. The van der Waals surface area contributed by atoms with E-state index in [0.29, 0.717) is 5.56 Å². The van der Waals surface area contributed by atoms with Gasteiger partial charge in [0, 0.05) is 17.5 Å². The number of nitrogens with one attached hydrogen (secondary N) is 1. The predicted octanol–water partition coefficient (Wildman–Crippen LogP) is 1.95. The molecule has 0 aromatic carbocycles. The summed E-state index contributed by atoms with van der Waals surface area (Å²) in [5, 5.41) is 7.15. The fourth-order valence-corrected chi connectivity index (χ4v) is 0.916. The van der Waals surface area contributed by atoms with Gasteiger partial charge in [0.05, 0.1) is 0 Å². The fraction of sp³-hybridized carbons (Fsp3) is 0.143. The summed E-state index contributed by atoms with van der Waals surface area (Å²) in [6, 6.07) is 3.54. The van der Waals surface area contributed by atoms with Gasteiger partial charge in [-0.05, 0) is 19.1 Å². The lowest BCUT2D eigenvalue weighted by Crippen LogP contribution is -1.94. The van der Waals surface area contributed by atoms with E-state index < -0.39 is 0 Å². The zero-order valence-corrected chi connectivity index (χ0v) is 6.31. The predicted molar refractivity (Wildman–Crippen MR) is 41.7 cm³/mol. The van der Waals surface area contributed by atoms with E-state index in [1.807, 2.05) is 6.92 Å². The van der Waals surface area contributed by atoms with Gasteiger partial charge in [0.25, 0.3) is 0 Å². The minimum atomic E-state index is 0.0469. The Bertz CT molecular complexity index is 258. The number of rotatable bonds is 1. The van der Waals surface area contributed by atoms with Gasteiger partial charge in [-0.15, -0.1) is 0 Å². The largest absolute Gasteiger partial charge is 0.289 e. The third kappa shape index (κ3) is 1.33. The summed E-state index contributed by atoms with van der Waals surface area (Å²) < 4.78 is 0. The monoisotopic (exact) mass is 154 g/mol. The zero-order valence-electron chi connectivity index (χ0n) is 5.56. The fourth-order valence-electron chi connectivity index (χ4n) is 0.716. The maximum atomic E-state index is 7.10. The van der Waals surface area contributed by atoms with E-state index in [2.05, 4.69) is 4.98 Å². The van der Waals surface area contributed by atoms with Crippen LogP contribution in [-0.4, -0.2) is 10.2 Å². The van der Waals surface area contributed by atoms with Gasteiger partial charge in [0.15, 0.2) is 0 Å². The lowest BCUT2D eigenvalue weighted by Gasteiger charge is -1.97. The van der Waals surface area contributed by atoms with Crippen molar-refractivity contribution in [2.75, 3.05) is 0 Å². The number of aryl methyl sites for hydroxylation is 1. The molecule has 0 spiro atoms. The molecular weight excluding hydrogens is 148 g/mol. The number of halogens is 1. The SMILES string of the molecule is Cc1ncccc1C(=N)Cl. The Hall–Kier alpha value is -0.890. The Labute approximate surface area is 64.4 Å². The Morgan fingerprint density at radius 3 is 2.80 bits per heavy atom. The Morgan fingerprint density at radius 1 is 1.70 bits per heavy atom. The second-order valence-electron chi connectivity index (χ2n) is 1.95. The van der Waals surface area contributed by atoms with Crippen molar-refractivity contribution >= 4 is 16.8 Å². The molecule has 0 aliphatic heterocycles. The van der Waals surface area contributed by atoms with E-state index in [4.69, 9.17) is 17.0 Å². The molecule has 3 heteroatoms. The molecule has 52 valence electrons. The van der Waals surface area contributed by atoms with Crippen LogP contribution in [0.2, 0.25) is 0 Å². The lowest BCUT2D eigenvalue weighted by atomic mass is 10.2. The Balaban J connectivity index is 3.15. The van der Waals surface area contributed by atoms with E-state index in [1.54, 1.807) is 18.3 Å². The molecule has 0 amide bonds. The first kappa shape index (κ1) is 7.22. The molecular formula is C7H7ClN2. The van der Waals surface area contributed by atoms with E-state index in [1.165, 1.54) is 0 Å². The molecule has 1 N–H and O–H groups in total. The molecule has 0 radical (unpaired) electrons. The molecule has 10 heavy (non-hydrogen) atoms. The molecule has 0 saturated carbocycles. The standard InChI is InChI=1S/C7H7ClN2/c1-5-6(7(8)9)3-2-4-10-5/h2-4,9H,1H3. The Kier molecular flexibility index (Phi) is 2.02. The number of hydrogen-bond donors (Lipinski definition) is 1. The lowest BCUT2D eigenvalue weighted by molar-refractivity contribution is 1.19. The van der Waals surface area contributed by atoms with Gasteiger partial charge in [-0.1, -0.05) is 11.6 Å². The van der Waals surface area contributed by atoms with Crippen LogP contribution < -0.4 is 0 Å². The molecule has 0 aliphatic carbocycles. The second kappa shape index (κ2) is 2.80. The van der Waals surface area contributed by atoms with Crippen molar-refractivity contribution in [3.05, 3.63) is 29.6 Å². The van der Waals surface area contributed by atoms with Gasteiger partial charge in [-0.2, -0.15) is 0 Å². The molecule has 0 unspecified atom stereocenters.